The summed E-state index contributed by atoms with van der Waals surface area (Å²) in [5.74, 6) is -2.18. The highest BCUT2D eigenvalue weighted by atomic mass is 16.5. The van der Waals surface area contributed by atoms with Crippen LogP contribution in [0.3, 0.4) is 0 Å². The predicted octanol–water partition coefficient (Wildman–Crippen LogP) is 2.88. The van der Waals surface area contributed by atoms with Crippen LogP contribution in [0.15, 0.2) is 54.6 Å². The van der Waals surface area contributed by atoms with Gasteiger partial charge in [-0.15, -0.1) is 0 Å². The fraction of sp³-hybridized carbons (Fsp3) is 0.250. The normalized spacial score (nSPS) is 11.4. The molecule has 0 unspecified atom stereocenters. The third kappa shape index (κ3) is 5.44. The van der Waals surface area contributed by atoms with Crippen LogP contribution < -0.4 is 5.32 Å². The molecule has 2 N–H and O–H groups in total. The quantitative estimate of drug-likeness (QED) is 0.710. The molecule has 0 radical (unpaired) electrons. The van der Waals surface area contributed by atoms with Crippen LogP contribution in [0.2, 0.25) is 0 Å². The van der Waals surface area contributed by atoms with Crippen molar-refractivity contribution >= 4 is 17.8 Å². The number of carboxylic acid groups (broad SMARTS) is 1. The monoisotopic (exact) mass is 355 g/mol. The van der Waals surface area contributed by atoms with E-state index in [0.717, 1.165) is 11.1 Å². The number of carboxylic acids is 1. The number of rotatable bonds is 8. The minimum absolute atomic E-state index is 0.0258. The van der Waals surface area contributed by atoms with Gasteiger partial charge in [0, 0.05) is 12.0 Å². The maximum Gasteiger partial charge on any atom is 0.326 e. The van der Waals surface area contributed by atoms with E-state index in [-0.39, 0.29) is 19.4 Å². The molecule has 0 fully saturated rings. The van der Waals surface area contributed by atoms with Crippen molar-refractivity contribution in [2.45, 2.75) is 25.8 Å². The van der Waals surface area contributed by atoms with Gasteiger partial charge in [-0.3, -0.25) is 9.59 Å². The van der Waals surface area contributed by atoms with Crippen molar-refractivity contribution in [1.29, 1.82) is 0 Å². The molecule has 0 saturated heterocycles. The van der Waals surface area contributed by atoms with Gasteiger partial charge in [-0.2, -0.15) is 0 Å². The molecule has 6 nitrogen and oxygen atoms in total. The molecule has 0 heterocycles. The fourth-order valence-corrected chi connectivity index (χ4v) is 2.44. The zero-order chi connectivity index (χ0) is 18.9. The molecule has 1 atom stereocenters. The number of esters is 1. The summed E-state index contributed by atoms with van der Waals surface area (Å²) in [6.45, 7) is 1.91. The summed E-state index contributed by atoms with van der Waals surface area (Å²) in [5, 5.41) is 11.7. The smallest absolute Gasteiger partial charge is 0.326 e. The van der Waals surface area contributed by atoms with Crippen LogP contribution in [0.1, 0.15) is 30.1 Å². The Hall–Kier alpha value is -3.15. The zero-order valence-electron chi connectivity index (χ0n) is 14.5. The number of hydrogen-bond acceptors (Lipinski definition) is 4. The number of amides is 1. The molecule has 0 aliphatic carbocycles. The van der Waals surface area contributed by atoms with Crippen LogP contribution in [0, 0.1) is 0 Å². The molecule has 0 saturated carbocycles. The summed E-state index contributed by atoms with van der Waals surface area (Å²) in [6.07, 6.45) is -0.0972. The number of aliphatic carboxylic acids is 1. The number of carbonyl (C=O) groups is 3. The molecule has 6 heteroatoms. The second-order valence-electron chi connectivity index (χ2n) is 5.65. The molecular weight excluding hydrogens is 334 g/mol. The average Bonchev–Trinajstić information content (AvgIpc) is 2.65. The Labute approximate surface area is 151 Å². The van der Waals surface area contributed by atoms with Gasteiger partial charge in [0.2, 0.25) is 0 Å². The van der Waals surface area contributed by atoms with E-state index in [2.05, 4.69) is 5.32 Å². The molecule has 2 rings (SSSR count). The first-order chi connectivity index (χ1) is 12.5. The van der Waals surface area contributed by atoms with E-state index in [4.69, 9.17) is 4.74 Å². The van der Waals surface area contributed by atoms with Gasteiger partial charge in [0.15, 0.2) is 0 Å². The Morgan fingerprint density at radius 1 is 1.00 bits per heavy atom. The van der Waals surface area contributed by atoms with Gasteiger partial charge in [0.1, 0.15) is 6.04 Å². The van der Waals surface area contributed by atoms with E-state index in [1.807, 2.05) is 30.3 Å². The van der Waals surface area contributed by atoms with Crippen molar-refractivity contribution < 1.29 is 24.2 Å². The van der Waals surface area contributed by atoms with Gasteiger partial charge < -0.3 is 15.2 Å². The lowest BCUT2D eigenvalue weighted by Crippen LogP contribution is -2.41. The third-order valence-corrected chi connectivity index (χ3v) is 3.80. The SMILES string of the molecule is CCOC(=O)CC[C@H](NC(=O)c1ccc(-c2ccccc2)cc1)C(=O)O. The van der Waals surface area contributed by atoms with Crippen LogP contribution >= 0.6 is 0 Å². The Morgan fingerprint density at radius 2 is 1.62 bits per heavy atom. The summed E-state index contributed by atoms with van der Waals surface area (Å²) in [7, 11) is 0. The van der Waals surface area contributed by atoms with Crippen molar-refractivity contribution in [1.82, 2.24) is 5.32 Å². The summed E-state index contributed by atoms with van der Waals surface area (Å²) in [4.78, 5) is 35.0. The van der Waals surface area contributed by atoms with E-state index >= 15 is 0 Å². The van der Waals surface area contributed by atoms with E-state index in [9.17, 15) is 19.5 Å². The Morgan fingerprint density at radius 3 is 2.19 bits per heavy atom. The summed E-state index contributed by atoms with van der Waals surface area (Å²) in [5.41, 5.74) is 2.34. The molecule has 0 aliphatic heterocycles. The highest BCUT2D eigenvalue weighted by Crippen LogP contribution is 2.19. The van der Waals surface area contributed by atoms with Crippen LogP contribution in [-0.4, -0.2) is 35.6 Å². The largest absolute Gasteiger partial charge is 0.480 e. The van der Waals surface area contributed by atoms with Gasteiger partial charge in [-0.1, -0.05) is 42.5 Å². The Kier molecular flexibility index (Phi) is 6.91. The minimum atomic E-state index is -1.19. The van der Waals surface area contributed by atoms with Gasteiger partial charge in [0.25, 0.3) is 5.91 Å². The molecule has 0 spiro atoms. The highest BCUT2D eigenvalue weighted by molar-refractivity contribution is 5.97. The first-order valence-electron chi connectivity index (χ1n) is 8.36. The molecule has 26 heavy (non-hydrogen) atoms. The van der Waals surface area contributed by atoms with Crippen molar-refractivity contribution in [2.24, 2.45) is 0 Å². The van der Waals surface area contributed by atoms with E-state index < -0.39 is 23.9 Å². The zero-order valence-corrected chi connectivity index (χ0v) is 14.5. The first kappa shape index (κ1) is 19.2. The van der Waals surface area contributed by atoms with Gasteiger partial charge in [-0.25, -0.2) is 4.79 Å². The van der Waals surface area contributed by atoms with E-state index in [1.54, 1.807) is 31.2 Å². The second kappa shape index (κ2) is 9.36. The first-order valence-corrected chi connectivity index (χ1v) is 8.36. The van der Waals surface area contributed by atoms with E-state index in [0.29, 0.717) is 5.56 Å². The van der Waals surface area contributed by atoms with Gasteiger partial charge in [-0.05, 0) is 36.6 Å². The van der Waals surface area contributed by atoms with Gasteiger partial charge in [0.05, 0.1) is 6.61 Å². The highest BCUT2D eigenvalue weighted by Gasteiger charge is 2.22. The van der Waals surface area contributed by atoms with E-state index in [1.165, 1.54) is 0 Å². The minimum Gasteiger partial charge on any atom is -0.480 e. The average molecular weight is 355 g/mol. The standard InChI is InChI=1S/C20H21NO5/c1-2-26-18(22)13-12-17(20(24)25)21-19(23)16-10-8-15(9-11-16)14-6-4-3-5-7-14/h3-11,17H,2,12-13H2,1H3,(H,21,23)(H,24,25)/t17-/m0/s1. The van der Waals surface area contributed by atoms with Crippen LogP contribution in [-0.2, 0) is 14.3 Å². The molecule has 0 bridgehead atoms. The lowest BCUT2D eigenvalue weighted by Gasteiger charge is -2.14. The lowest BCUT2D eigenvalue weighted by atomic mass is 10.0. The molecule has 2 aromatic rings. The number of nitrogens with one attached hydrogen (secondary N) is 1. The summed E-state index contributed by atoms with van der Waals surface area (Å²) in [6, 6.07) is 15.4. The number of benzene rings is 2. The number of hydrogen-bond donors (Lipinski definition) is 2. The van der Waals surface area contributed by atoms with Crippen molar-refractivity contribution in [3.05, 3.63) is 60.2 Å². The molecular formula is C20H21NO5. The molecule has 0 aromatic heterocycles. The maximum absolute atomic E-state index is 12.3. The number of ether oxygens (including phenoxy) is 1. The van der Waals surface area contributed by atoms with Crippen LogP contribution in [0.5, 0.6) is 0 Å². The molecule has 2 aromatic carbocycles. The second-order valence-corrected chi connectivity index (χ2v) is 5.65. The lowest BCUT2D eigenvalue weighted by molar-refractivity contribution is -0.144. The Bertz CT molecular complexity index is 756. The Balaban J connectivity index is 2.00. The number of carbonyl (C=O) groups excluding carboxylic acids is 2. The van der Waals surface area contributed by atoms with Crippen molar-refractivity contribution in [3.8, 4) is 11.1 Å². The van der Waals surface area contributed by atoms with Crippen molar-refractivity contribution in [2.75, 3.05) is 6.61 Å². The van der Waals surface area contributed by atoms with Gasteiger partial charge >= 0.3 is 11.9 Å². The molecule has 0 aliphatic rings. The molecule has 136 valence electrons. The van der Waals surface area contributed by atoms with Crippen molar-refractivity contribution in [3.63, 3.8) is 0 Å². The summed E-state index contributed by atoms with van der Waals surface area (Å²) < 4.78 is 4.77. The van der Waals surface area contributed by atoms with Crippen LogP contribution in [0.4, 0.5) is 0 Å². The maximum atomic E-state index is 12.3. The molecule has 1 amide bonds. The van der Waals surface area contributed by atoms with Crippen LogP contribution in [0.25, 0.3) is 11.1 Å². The topological polar surface area (TPSA) is 92.7 Å². The fourth-order valence-electron chi connectivity index (χ4n) is 2.44. The third-order valence-electron chi connectivity index (χ3n) is 3.80. The predicted molar refractivity (Wildman–Crippen MR) is 96.6 cm³/mol. The summed E-state index contributed by atoms with van der Waals surface area (Å²) >= 11 is 0.